The number of rotatable bonds is 65. The van der Waals surface area contributed by atoms with Crippen molar-refractivity contribution in [3.05, 3.63) is 0 Å². The van der Waals surface area contributed by atoms with Gasteiger partial charge in [-0.1, -0.05) is 361 Å². The van der Waals surface area contributed by atoms with Gasteiger partial charge in [0.1, 0.15) is 0 Å². The summed E-state index contributed by atoms with van der Waals surface area (Å²) in [4.78, 5) is 24.7. The van der Waals surface area contributed by atoms with Gasteiger partial charge < -0.3 is 20.3 Å². The largest absolute Gasteiger partial charge is 0.466 e. The summed E-state index contributed by atoms with van der Waals surface area (Å²) in [6.07, 6.45) is 77.0. The topological polar surface area (TPSA) is 95.9 Å². The van der Waals surface area contributed by atoms with Gasteiger partial charge in [0.15, 0.2) is 0 Å². The minimum Gasteiger partial charge on any atom is -0.466 e. The molecule has 0 spiro atoms. The number of esters is 1. The van der Waals surface area contributed by atoms with Crippen molar-refractivity contribution in [1.82, 2.24) is 5.32 Å². The van der Waals surface area contributed by atoms with Crippen LogP contribution in [0.15, 0.2) is 0 Å². The number of ether oxygens (including phenoxy) is 1. The highest BCUT2D eigenvalue weighted by atomic mass is 16.5. The second-order valence-corrected chi connectivity index (χ2v) is 23.9. The van der Waals surface area contributed by atoms with Crippen LogP contribution in [0, 0.1) is 0 Å². The Bertz CT molecular complexity index is 1070. The number of unbranched alkanes of at least 4 members (excludes halogenated alkanes) is 54. The van der Waals surface area contributed by atoms with Crippen molar-refractivity contribution in [2.75, 3.05) is 13.2 Å². The molecule has 2 unspecified atom stereocenters. The molecule has 2 atom stereocenters. The van der Waals surface area contributed by atoms with Crippen LogP contribution in [-0.4, -0.2) is 47.4 Å². The summed E-state index contributed by atoms with van der Waals surface area (Å²) in [6, 6.07) is -0.545. The van der Waals surface area contributed by atoms with Crippen LogP contribution in [0.25, 0.3) is 0 Å². The standard InChI is InChI=1S/C68H135NO5/c1-3-5-7-9-11-13-15-17-19-21-23-24-26-28-32-36-40-44-48-52-56-60-66(71)65(64-70)69-67(72)61-57-53-49-45-41-37-33-29-27-31-35-39-43-47-51-55-59-63-74-68(73)62-58-54-50-46-42-38-34-30-25-22-20-18-16-14-12-10-8-6-4-2/h65-66,70-71H,3-64H2,1-2H3,(H,69,72). The lowest BCUT2D eigenvalue weighted by atomic mass is 10.0. The lowest BCUT2D eigenvalue weighted by Gasteiger charge is -2.22. The predicted molar refractivity (Wildman–Crippen MR) is 324 cm³/mol. The normalized spacial score (nSPS) is 12.4. The van der Waals surface area contributed by atoms with Crippen LogP contribution in [0.3, 0.4) is 0 Å². The molecular formula is C68H135NO5. The maximum absolute atomic E-state index is 12.5. The number of carbonyl (C=O) groups is 2. The minimum atomic E-state index is -0.668. The van der Waals surface area contributed by atoms with Crippen LogP contribution >= 0.6 is 0 Å². The van der Waals surface area contributed by atoms with Gasteiger partial charge in [-0.15, -0.1) is 0 Å². The molecule has 0 aromatic rings. The van der Waals surface area contributed by atoms with Gasteiger partial charge in [-0.05, 0) is 25.7 Å². The van der Waals surface area contributed by atoms with Crippen molar-refractivity contribution in [2.45, 2.75) is 411 Å². The van der Waals surface area contributed by atoms with Gasteiger partial charge in [0, 0.05) is 12.8 Å². The van der Waals surface area contributed by atoms with E-state index in [4.69, 9.17) is 4.74 Å². The molecule has 0 heterocycles. The molecule has 0 saturated heterocycles. The molecule has 0 fully saturated rings. The van der Waals surface area contributed by atoms with Gasteiger partial charge in [0.25, 0.3) is 0 Å². The van der Waals surface area contributed by atoms with Gasteiger partial charge in [-0.25, -0.2) is 0 Å². The Hall–Kier alpha value is -1.14. The van der Waals surface area contributed by atoms with Crippen LogP contribution in [0.5, 0.6) is 0 Å². The second-order valence-electron chi connectivity index (χ2n) is 23.9. The average molecular weight is 1050 g/mol. The van der Waals surface area contributed by atoms with Gasteiger partial charge in [0.05, 0.1) is 25.4 Å². The third kappa shape index (κ3) is 60.1. The van der Waals surface area contributed by atoms with Crippen molar-refractivity contribution in [1.29, 1.82) is 0 Å². The molecule has 6 heteroatoms. The third-order valence-corrected chi connectivity index (χ3v) is 16.4. The van der Waals surface area contributed by atoms with E-state index in [0.717, 1.165) is 38.5 Å². The summed E-state index contributed by atoms with van der Waals surface area (Å²) in [6.45, 7) is 4.99. The van der Waals surface area contributed by atoms with Crippen LogP contribution in [0.2, 0.25) is 0 Å². The Balaban J connectivity index is 3.38. The number of aliphatic hydroxyl groups excluding tert-OH is 2. The molecule has 0 rings (SSSR count). The smallest absolute Gasteiger partial charge is 0.305 e. The molecule has 1 amide bonds. The fourth-order valence-electron chi connectivity index (χ4n) is 11.2. The highest BCUT2D eigenvalue weighted by molar-refractivity contribution is 5.76. The van der Waals surface area contributed by atoms with Crippen LogP contribution in [0.4, 0.5) is 0 Å². The van der Waals surface area contributed by atoms with E-state index in [2.05, 4.69) is 19.2 Å². The fourth-order valence-corrected chi connectivity index (χ4v) is 11.2. The van der Waals surface area contributed by atoms with Gasteiger partial charge in [-0.3, -0.25) is 9.59 Å². The maximum atomic E-state index is 12.5. The van der Waals surface area contributed by atoms with E-state index in [1.165, 1.54) is 327 Å². The highest BCUT2D eigenvalue weighted by Crippen LogP contribution is 2.19. The van der Waals surface area contributed by atoms with Crippen molar-refractivity contribution < 1.29 is 24.5 Å². The summed E-state index contributed by atoms with van der Waals surface area (Å²) in [5, 5.41) is 23.4. The summed E-state index contributed by atoms with van der Waals surface area (Å²) in [5.74, 6) is -0.0229. The summed E-state index contributed by atoms with van der Waals surface area (Å²) < 4.78 is 5.51. The summed E-state index contributed by atoms with van der Waals surface area (Å²) in [5.41, 5.74) is 0. The molecule has 442 valence electrons. The monoisotopic (exact) mass is 1050 g/mol. The fraction of sp³-hybridized carbons (Fsp3) is 0.971. The van der Waals surface area contributed by atoms with E-state index in [1.54, 1.807) is 0 Å². The van der Waals surface area contributed by atoms with Gasteiger partial charge in [-0.2, -0.15) is 0 Å². The van der Waals surface area contributed by atoms with E-state index in [-0.39, 0.29) is 18.5 Å². The lowest BCUT2D eigenvalue weighted by molar-refractivity contribution is -0.143. The van der Waals surface area contributed by atoms with E-state index in [9.17, 15) is 19.8 Å². The first kappa shape index (κ1) is 72.9. The van der Waals surface area contributed by atoms with Crippen molar-refractivity contribution in [3.63, 3.8) is 0 Å². The number of aliphatic hydroxyl groups is 2. The Kier molecular flexibility index (Phi) is 63.4. The quantitative estimate of drug-likeness (QED) is 0.0417. The third-order valence-electron chi connectivity index (χ3n) is 16.4. The zero-order valence-electron chi connectivity index (χ0n) is 50.6. The molecule has 0 aromatic carbocycles. The molecule has 3 N–H and O–H groups in total. The van der Waals surface area contributed by atoms with Crippen LogP contribution < -0.4 is 5.32 Å². The SMILES string of the molecule is CCCCCCCCCCCCCCCCCCCCCCCC(O)C(CO)NC(=O)CCCCCCCCCCCCCCCCCCCOC(=O)CCCCCCCCCCCCCCCCCCCCC. The van der Waals surface area contributed by atoms with Crippen LogP contribution in [-0.2, 0) is 14.3 Å². The number of nitrogens with one attached hydrogen (secondary N) is 1. The molecular weight excluding hydrogens is 911 g/mol. The van der Waals surface area contributed by atoms with E-state index in [1.807, 2.05) is 0 Å². The molecule has 0 bridgehead atoms. The molecule has 74 heavy (non-hydrogen) atoms. The first-order valence-corrected chi connectivity index (χ1v) is 34.3. The van der Waals surface area contributed by atoms with E-state index >= 15 is 0 Å². The molecule has 0 aromatic heterocycles. The predicted octanol–water partition coefficient (Wildman–Crippen LogP) is 21.8. The van der Waals surface area contributed by atoms with Crippen molar-refractivity contribution in [2.24, 2.45) is 0 Å². The molecule has 0 aliphatic carbocycles. The molecule has 0 aliphatic heterocycles. The number of hydrogen-bond acceptors (Lipinski definition) is 5. The number of hydrogen-bond donors (Lipinski definition) is 3. The van der Waals surface area contributed by atoms with Crippen LogP contribution in [0.1, 0.15) is 399 Å². The van der Waals surface area contributed by atoms with Gasteiger partial charge >= 0.3 is 5.97 Å². The van der Waals surface area contributed by atoms with Crippen molar-refractivity contribution in [3.8, 4) is 0 Å². The zero-order valence-corrected chi connectivity index (χ0v) is 50.6. The first-order valence-electron chi connectivity index (χ1n) is 34.3. The first-order chi connectivity index (χ1) is 36.5. The Labute approximate surface area is 464 Å². The second kappa shape index (κ2) is 64.4. The molecule has 6 nitrogen and oxygen atoms in total. The molecule has 0 aliphatic rings. The summed E-state index contributed by atoms with van der Waals surface area (Å²) in [7, 11) is 0. The number of carbonyl (C=O) groups excluding carboxylic acids is 2. The van der Waals surface area contributed by atoms with E-state index < -0.39 is 12.1 Å². The maximum Gasteiger partial charge on any atom is 0.305 e. The zero-order chi connectivity index (χ0) is 53.6. The van der Waals surface area contributed by atoms with Crippen molar-refractivity contribution >= 4 is 11.9 Å². The van der Waals surface area contributed by atoms with E-state index in [0.29, 0.717) is 25.9 Å². The molecule has 0 saturated carbocycles. The lowest BCUT2D eigenvalue weighted by Crippen LogP contribution is -2.45. The molecule has 0 radical (unpaired) electrons. The minimum absolute atomic E-state index is 0.0119. The van der Waals surface area contributed by atoms with Gasteiger partial charge in [0.2, 0.25) is 5.91 Å². The summed E-state index contributed by atoms with van der Waals surface area (Å²) >= 11 is 0. The Morgan fingerprint density at radius 3 is 0.824 bits per heavy atom. The Morgan fingerprint density at radius 2 is 0.554 bits per heavy atom. The average Bonchev–Trinajstić information content (AvgIpc) is 3.40. The number of amides is 1. The Morgan fingerprint density at radius 1 is 0.324 bits per heavy atom. The highest BCUT2D eigenvalue weighted by Gasteiger charge is 2.20.